The third-order valence-electron chi connectivity index (χ3n) is 5.87. The minimum absolute atomic E-state index is 0.554. The molecule has 0 spiro atoms. The Morgan fingerprint density at radius 2 is 1.26 bits per heavy atom. The highest BCUT2D eigenvalue weighted by atomic mass is 16.5. The van der Waals surface area contributed by atoms with Gasteiger partial charge in [0.05, 0.1) is 11.2 Å². The summed E-state index contributed by atoms with van der Waals surface area (Å²) in [6, 6.07) is 36.1. The van der Waals surface area contributed by atoms with Gasteiger partial charge in [-0.2, -0.15) is 0 Å². The monoisotopic (exact) mass is 454 g/mol. The molecule has 0 amide bonds. The van der Waals surface area contributed by atoms with E-state index in [4.69, 9.17) is 14.5 Å². The topological polar surface area (TPSA) is 44.2 Å². The highest BCUT2D eigenvalue weighted by Gasteiger charge is 2.11. The SMILES string of the molecule is Cc1ccnc(Oc2cccc(Oc3cccc(-c4nc5ccccc5c5ccccc45)c3)c2)c1. The number of rotatable bonds is 5. The molecule has 4 nitrogen and oxygen atoms in total. The van der Waals surface area contributed by atoms with Gasteiger partial charge in [0.25, 0.3) is 0 Å². The Kier molecular flexibility index (Phi) is 5.32. The van der Waals surface area contributed by atoms with Crippen molar-refractivity contribution in [2.24, 2.45) is 0 Å². The number of hydrogen-bond acceptors (Lipinski definition) is 4. The van der Waals surface area contributed by atoms with Crippen molar-refractivity contribution in [1.29, 1.82) is 0 Å². The lowest BCUT2D eigenvalue weighted by Gasteiger charge is -2.12. The molecule has 0 aliphatic rings. The Balaban J connectivity index is 1.34. The van der Waals surface area contributed by atoms with Crippen LogP contribution < -0.4 is 9.47 Å². The maximum atomic E-state index is 6.21. The van der Waals surface area contributed by atoms with Crippen molar-refractivity contribution in [2.45, 2.75) is 6.92 Å². The number of hydrogen-bond donors (Lipinski definition) is 0. The van der Waals surface area contributed by atoms with Gasteiger partial charge in [-0.15, -0.1) is 0 Å². The van der Waals surface area contributed by atoms with Crippen LogP contribution in [0.15, 0.2) is 115 Å². The van der Waals surface area contributed by atoms with Gasteiger partial charge < -0.3 is 9.47 Å². The van der Waals surface area contributed by atoms with Crippen molar-refractivity contribution < 1.29 is 9.47 Å². The molecule has 0 aliphatic carbocycles. The normalized spacial score (nSPS) is 11.0. The number of para-hydroxylation sites is 1. The van der Waals surface area contributed by atoms with Gasteiger partial charge in [-0.3, -0.25) is 0 Å². The maximum absolute atomic E-state index is 6.21. The van der Waals surface area contributed by atoms with Gasteiger partial charge in [-0.05, 0) is 54.3 Å². The van der Waals surface area contributed by atoms with Crippen molar-refractivity contribution in [1.82, 2.24) is 9.97 Å². The Bertz CT molecular complexity index is 1680. The summed E-state index contributed by atoms with van der Waals surface area (Å²) in [4.78, 5) is 9.28. The molecule has 0 bridgehead atoms. The number of pyridine rings is 2. The fraction of sp³-hybridized carbons (Fsp3) is 0.0323. The summed E-state index contributed by atoms with van der Waals surface area (Å²) in [5, 5.41) is 3.46. The summed E-state index contributed by atoms with van der Waals surface area (Å²) >= 11 is 0. The molecular formula is C31H22N2O2. The summed E-state index contributed by atoms with van der Waals surface area (Å²) in [6.45, 7) is 2.01. The quantitative estimate of drug-likeness (QED) is 0.246. The predicted octanol–water partition coefficient (Wildman–Crippen LogP) is 8.34. The van der Waals surface area contributed by atoms with Gasteiger partial charge in [0.15, 0.2) is 0 Å². The lowest BCUT2D eigenvalue weighted by Crippen LogP contribution is -1.91. The predicted molar refractivity (Wildman–Crippen MR) is 140 cm³/mol. The highest BCUT2D eigenvalue weighted by molar-refractivity contribution is 6.10. The van der Waals surface area contributed by atoms with E-state index in [1.807, 2.05) is 67.6 Å². The first kappa shape index (κ1) is 20.9. The zero-order valence-corrected chi connectivity index (χ0v) is 19.2. The van der Waals surface area contributed by atoms with Crippen LogP contribution in [0.2, 0.25) is 0 Å². The second-order valence-electron chi connectivity index (χ2n) is 8.40. The minimum Gasteiger partial charge on any atom is -0.457 e. The first-order valence-corrected chi connectivity index (χ1v) is 11.5. The van der Waals surface area contributed by atoms with Gasteiger partial charge in [0.1, 0.15) is 17.2 Å². The number of aryl methyl sites for hydroxylation is 1. The molecular weight excluding hydrogens is 432 g/mol. The van der Waals surface area contributed by atoms with Crippen molar-refractivity contribution in [2.75, 3.05) is 0 Å². The van der Waals surface area contributed by atoms with E-state index in [0.717, 1.165) is 38.9 Å². The molecule has 4 heteroatoms. The molecule has 2 aromatic heterocycles. The number of aromatic nitrogens is 2. The number of fused-ring (bicyclic) bond motifs is 3. The van der Waals surface area contributed by atoms with Crippen LogP contribution in [0, 0.1) is 6.92 Å². The fourth-order valence-corrected chi connectivity index (χ4v) is 4.25. The van der Waals surface area contributed by atoms with Crippen molar-refractivity contribution in [3.63, 3.8) is 0 Å². The van der Waals surface area contributed by atoms with E-state index >= 15 is 0 Å². The van der Waals surface area contributed by atoms with Crippen LogP contribution in [0.3, 0.4) is 0 Å². The van der Waals surface area contributed by atoms with Gasteiger partial charge in [-0.1, -0.05) is 60.7 Å². The fourth-order valence-electron chi connectivity index (χ4n) is 4.25. The Labute approximate surface area is 203 Å². The molecule has 0 fully saturated rings. The summed E-state index contributed by atoms with van der Waals surface area (Å²) < 4.78 is 12.1. The molecule has 168 valence electrons. The van der Waals surface area contributed by atoms with Crippen molar-refractivity contribution in [3.8, 4) is 34.4 Å². The van der Waals surface area contributed by atoms with E-state index in [1.165, 1.54) is 5.39 Å². The molecule has 0 saturated heterocycles. The number of ether oxygens (including phenoxy) is 2. The smallest absolute Gasteiger partial charge is 0.219 e. The molecule has 6 rings (SSSR count). The third kappa shape index (κ3) is 4.30. The second kappa shape index (κ2) is 8.92. The number of nitrogens with zero attached hydrogens (tertiary/aromatic N) is 2. The molecule has 2 heterocycles. The molecule has 0 aliphatic heterocycles. The van der Waals surface area contributed by atoms with E-state index in [2.05, 4.69) is 53.5 Å². The molecule has 0 atom stereocenters. The van der Waals surface area contributed by atoms with Crippen LogP contribution in [0.1, 0.15) is 5.56 Å². The van der Waals surface area contributed by atoms with E-state index in [1.54, 1.807) is 6.20 Å². The Morgan fingerprint density at radius 1 is 0.571 bits per heavy atom. The first-order chi connectivity index (χ1) is 17.2. The maximum Gasteiger partial charge on any atom is 0.219 e. The van der Waals surface area contributed by atoms with Crippen LogP contribution in [0.4, 0.5) is 0 Å². The van der Waals surface area contributed by atoms with Crippen LogP contribution in [-0.4, -0.2) is 9.97 Å². The highest BCUT2D eigenvalue weighted by Crippen LogP contribution is 2.35. The Hall–Kier alpha value is -4.70. The van der Waals surface area contributed by atoms with Crippen LogP contribution >= 0.6 is 0 Å². The van der Waals surface area contributed by atoms with Crippen molar-refractivity contribution in [3.05, 3.63) is 121 Å². The Morgan fingerprint density at radius 3 is 2.09 bits per heavy atom. The zero-order chi connectivity index (χ0) is 23.6. The van der Waals surface area contributed by atoms with E-state index in [-0.39, 0.29) is 0 Å². The standard InChI is InChI=1S/C31H22N2O2/c1-21-16-17-32-30(18-21)35-25-11-7-10-24(20-25)34-23-9-6-8-22(19-23)31-28-14-3-2-12-26(28)27-13-4-5-15-29(27)33-31/h2-20H,1H3. The first-order valence-electron chi connectivity index (χ1n) is 11.5. The zero-order valence-electron chi connectivity index (χ0n) is 19.2. The lowest BCUT2D eigenvalue weighted by atomic mass is 10.00. The second-order valence-corrected chi connectivity index (χ2v) is 8.40. The molecule has 4 aromatic carbocycles. The van der Waals surface area contributed by atoms with E-state index in [9.17, 15) is 0 Å². The molecule has 0 unspecified atom stereocenters. The molecule has 0 radical (unpaired) electrons. The molecule has 0 N–H and O–H groups in total. The largest absolute Gasteiger partial charge is 0.457 e. The van der Waals surface area contributed by atoms with Crippen molar-refractivity contribution >= 4 is 21.7 Å². The van der Waals surface area contributed by atoms with Gasteiger partial charge in [0, 0.05) is 34.7 Å². The summed E-state index contributed by atoms with van der Waals surface area (Å²) in [5.74, 6) is 2.63. The summed E-state index contributed by atoms with van der Waals surface area (Å²) in [6.07, 6.45) is 1.74. The van der Waals surface area contributed by atoms with Crippen LogP contribution in [0.25, 0.3) is 32.9 Å². The average Bonchev–Trinajstić information content (AvgIpc) is 2.89. The summed E-state index contributed by atoms with van der Waals surface area (Å²) in [5.41, 5.74) is 4.00. The average molecular weight is 455 g/mol. The van der Waals surface area contributed by atoms with E-state index < -0.39 is 0 Å². The van der Waals surface area contributed by atoms with Crippen LogP contribution in [0.5, 0.6) is 23.1 Å². The molecule has 35 heavy (non-hydrogen) atoms. The van der Waals surface area contributed by atoms with Gasteiger partial charge in [-0.25, -0.2) is 9.97 Å². The molecule has 0 saturated carbocycles. The van der Waals surface area contributed by atoms with Gasteiger partial charge >= 0.3 is 0 Å². The third-order valence-corrected chi connectivity index (χ3v) is 5.87. The number of benzene rings is 4. The summed E-state index contributed by atoms with van der Waals surface area (Å²) in [7, 11) is 0. The van der Waals surface area contributed by atoms with Crippen LogP contribution in [-0.2, 0) is 0 Å². The molecule has 6 aromatic rings. The minimum atomic E-state index is 0.554. The van der Waals surface area contributed by atoms with E-state index in [0.29, 0.717) is 17.4 Å². The lowest BCUT2D eigenvalue weighted by molar-refractivity contribution is 0.449. The van der Waals surface area contributed by atoms with Gasteiger partial charge in [0.2, 0.25) is 5.88 Å².